The van der Waals surface area contributed by atoms with Gasteiger partial charge in [-0.15, -0.1) is 0 Å². The van der Waals surface area contributed by atoms with E-state index in [1.165, 1.54) is 24.3 Å². The number of nitrogens with zero attached hydrogens (tertiary/aromatic N) is 4. The fourth-order valence-electron chi connectivity index (χ4n) is 3.28. The number of hydrogen-bond acceptors (Lipinski definition) is 8. The van der Waals surface area contributed by atoms with Crippen LogP contribution in [-0.4, -0.2) is 61.0 Å². The van der Waals surface area contributed by atoms with Crippen molar-refractivity contribution in [3.63, 3.8) is 0 Å². The Kier molecular flexibility index (Phi) is 6.06. The smallest absolute Gasteiger partial charge is 0.251 e. The van der Waals surface area contributed by atoms with Crippen LogP contribution in [0.1, 0.15) is 11.8 Å². The number of aliphatic hydroxyl groups excluding tert-OH is 2. The number of carbonyl (C=O) groups excluding carboxylic acids is 1. The van der Waals surface area contributed by atoms with Gasteiger partial charge >= 0.3 is 0 Å². The molecule has 3 heterocycles. The highest BCUT2D eigenvalue weighted by Gasteiger charge is 2.47. The molecule has 1 fully saturated rings. The zero-order valence-corrected chi connectivity index (χ0v) is 18.6. The van der Waals surface area contributed by atoms with E-state index in [1.54, 1.807) is 0 Å². The number of aromatic nitrogens is 4. The van der Waals surface area contributed by atoms with E-state index in [9.17, 15) is 15.0 Å². The van der Waals surface area contributed by atoms with Crippen LogP contribution < -0.4 is 10.6 Å². The third kappa shape index (κ3) is 3.71. The molecular weight excluding hydrogens is 527 g/mol. The van der Waals surface area contributed by atoms with Gasteiger partial charge in [0.05, 0.1) is 11.3 Å². The second-order valence-electron chi connectivity index (χ2n) is 6.66. The number of anilines is 1. The Balaban J connectivity index is 1.61. The average Bonchev–Trinajstić information content (AvgIpc) is 3.30. The zero-order chi connectivity index (χ0) is 21.4. The number of hydrogen-bond donors (Lipinski definition) is 4. The van der Waals surface area contributed by atoms with Crippen LogP contribution in [0.15, 0.2) is 30.9 Å². The molecule has 4 N–H and O–H groups in total. The van der Waals surface area contributed by atoms with Gasteiger partial charge in [0, 0.05) is 17.2 Å². The summed E-state index contributed by atoms with van der Waals surface area (Å²) in [5, 5.41) is 26.9. The number of likely N-dealkylation sites (N-methyl/N-ethyl adjacent to an activating group) is 1. The average molecular weight is 545 g/mol. The number of rotatable bonds is 5. The summed E-state index contributed by atoms with van der Waals surface area (Å²) < 4.78 is 8.02. The summed E-state index contributed by atoms with van der Waals surface area (Å²) in [6, 6.07) is 5.75. The summed E-state index contributed by atoms with van der Waals surface area (Å²) in [5.41, 5.74) is 1.74. The molecule has 1 amide bonds. The summed E-state index contributed by atoms with van der Waals surface area (Å²) >= 11 is 8.52. The van der Waals surface area contributed by atoms with Crippen molar-refractivity contribution < 1.29 is 19.7 Å². The number of fused-ring (bicyclic) bond motifs is 1. The van der Waals surface area contributed by atoms with E-state index >= 15 is 0 Å². The van der Waals surface area contributed by atoms with Gasteiger partial charge in [-0.2, -0.15) is 0 Å². The maximum Gasteiger partial charge on any atom is 0.251 e. The molecule has 10 nitrogen and oxygen atoms in total. The van der Waals surface area contributed by atoms with E-state index in [0.29, 0.717) is 28.5 Å². The molecule has 0 saturated carbocycles. The first kappa shape index (κ1) is 21.2. The van der Waals surface area contributed by atoms with Crippen LogP contribution in [0.4, 0.5) is 5.82 Å². The lowest BCUT2D eigenvalue weighted by molar-refractivity contribution is -0.137. The third-order valence-electron chi connectivity index (χ3n) is 4.85. The molecule has 0 radical (unpaired) electrons. The quantitative estimate of drug-likeness (QED) is 0.351. The van der Waals surface area contributed by atoms with Gasteiger partial charge in [0.25, 0.3) is 5.91 Å². The lowest BCUT2D eigenvalue weighted by Crippen LogP contribution is -2.41. The summed E-state index contributed by atoms with van der Waals surface area (Å²) in [5.74, 6) is -0.0515. The lowest BCUT2D eigenvalue weighted by Gasteiger charge is -2.16. The summed E-state index contributed by atoms with van der Waals surface area (Å²) in [6.45, 7) is 0.425. The van der Waals surface area contributed by atoms with Crippen molar-refractivity contribution in [1.29, 1.82) is 0 Å². The summed E-state index contributed by atoms with van der Waals surface area (Å²) in [7, 11) is 1.43. The minimum atomic E-state index is -1.38. The largest absolute Gasteiger partial charge is 0.387 e. The first-order valence-corrected chi connectivity index (χ1v) is 10.5. The fraction of sp³-hybridized carbons (Fsp3) is 0.333. The number of halogens is 2. The SMILES string of the molecule is CNC(=O)C1OC(n2cnc3c(NCc4cccc(I)c4Cl)ncnc32)C(O)C1O. The predicted molar refractivity (Wildman–Crippen MR) is 117 cm³/mol. The van der Waals surface area contributed by atoms with E-state index < -0.39 is 30.4 Å². The zero-order valence-electron chi connectivity index (χ0n) is 15.7. The van der Waals surface area contributed by atoms with Gasteiger partial charge in [0.1, 0.15) is 18.5 Å². The number of benzene rings is 1. The standard InChI is InChI=1S/C18H18ClIN6O4/c1-21-17(29)14-12(27)13(28)18(30-14)26-7-25-11-15(23-6-24-16(11)26)22-5-8-3-2-4-9(20)10(8)19/h2-4,6-7,12-14,18,27-28H,5H2,1H3,(H,21,29)(H,22,23,24). The Labute approximate surface area is 189 Å². The van der Waals surface area contributed by atoms with E-state index in [4.69, 9.17) is 16.3 Å². The molecule has 12 heteroatoms. The van der Waals surface area contributed by atoms with Crippen molar-refractivity contribution in [1.82, 2.24) is 24.8 Å². The summed E-state index contributed by atoms with van der Waals surface area (Å²) in [6.07, 6.45) is -2.16. The van der Waals surface area contributed by atoms with E-state index in [-0.39, 0.29) is 0 Å². The molecule has 2 aromatic heterocycles. The normalized spacial score (nSPS) is 23.6. The third-order valence-corrected chi connectivity index (χ3v) is 6.52. The number of aliphatic hydroxyl groups is 2. The molecule has 30 heavy (non-hydrogen) atoms. The van der Waals surface area contributed by atoms with Crippen LogP contribution in [0.2, 0.25) is 5.02 Å². The number of imidazole rings is 1. The van der Waals surface area contributed by atoms with Gasteiger partial charge in [-0.25, -0.2) is 15.0 Å². The topological polar surface area (TPSA) is 134 Å². The van der Waals surface area contributed by atoms with Gasteiger partial charge in [-0.3, -0.25) is 9.36 Å². The fourth-order valence-corrected chi connectivity index (χ4v) is 4.03. The molecule has 4 atom stereocenters. The van der Waals surface area contributed by atoms with Gasteiger partial charge in [0.2, 0.25) is 0 Å². The van der Waals surface area contributed by atoms with Crippen LogP contribution in [0, 0.1) is 3.57 Å². The number of amides is 1. The first-order valence-electron chi connectivity index (χ1n) is 9.00. The maximum atomic E-state index is 11.9. The molecule has 1 aromatic carbocycles. The molecule has 158 valence electrons. The highest BCUT2D eigenvalue weighted by atomic mass is 127. The van der Waals surface area contributed by atoms with Crippen LogP contribution in [0.5, 0.6) is 0 Å². The van der Waals surface area contributed by atoms with Crippen molar-refractivity contribution in [2.75, 3.05) is 12.4 Å². The first-order chi connectivity index (χ1) is 14.4. The molecule has 4 unspecified atom stereocenters. The highest BCUT2D eigenvalue weighted by molar-refractivity contribution is 14.1. The Hall–Kier alpha value is -2.06. The highest BCUT2D eigenvalue weighted by Crippen LogP contribution is 2.32. The number of nitrogens with one attached hydrogen (secondary N) is 2. The van der Waals surface area contributed by atoms with Crippen molar-refractivity contribution in [2.45, 2.75) is 31.1 Å². The number of ether oxygens (including phenoxy) is 1. The molecule has 0 spiro atoms. The molecule has 0 bridgehead atoms. The predicted octanol–water partition coefficient (Wildman–Crippen LogP) is 1.06. The molecule has 0 aliphatic carbocycles. The van der Waals surface area contributed by atoms with Gasteiger partial charge in [0.15, 0.2) is 29.3 Å². The maximum absolute atomic E-state index is 11.9. The van der Waals surface area contributed by atoms with Gasteiger partial charge < -0.3 is 25.6 Å². The molecular formula is C18H18ClIN6O4. The minimum Gasteiger partial charge on any atom is -0.387 e. The second kappa shape index (κ2) is 8.59. The Morgan fingerprint density at radius 2 is 2.10 bits per heavy atom. The monoisotopic (exact) mass is 544 g/mol. The van der Waals surface area contributed by atoms with Crippen LogP contribution in [0.3, 0.4) is 0 Å². The van der Waals surface area contributed by atoms with Crippen molar-refractivity contribution >= 4 is 57.1 Å². The van der Waals surface area contributed by atoms with E-state index in [0.717, 1.165) is 9.13 Å². The van der Waals surface area contributed by atoms with Crippen molar-refractivity contribution in [2.24, 2.45) is 0 Å². The molecule has 1 aliphatic rings. The Morgan fingerprint density at radius 1 is 1.30 bits per heavy atom. The Morgan fingerprint density at radius 3 is 2.87 bits per heavy atom. The minimum absolute atomic E-state index is 0.384. The second-order valence-corrected chi connectivity index (χ2v) is 8.20. The molecule has 3 aromatic rings. The van der Waals surface area contributed by atoms with Crippen molar-refractivity contribution in [3.05, 3.63) is 45.0 Å². The van der Waals surface area contributed by atoms with Crippen LogP contribution in [0.25, 0.3) is 11.2 Å². The van der Waals surface area contributed by atoms with Crippen LogP contribution >= 0.6 is 34.2 Å². The van der Waals surface area contributed by atoms with Gasteiger partial charge in [-0.05, 0) is 34.2 Å². The van der Waals surface area contributed by atoms with Crippen LogP contribution in [-0.2, 0) is 16.1 Å². The number of carbonyl (C=O) groups is 1. The lowest BCUT2D eigenvalue weighted by atomic mass is 10.1. The van der Waals surface area contributed by atoms with E-state index in [2.05, 4.69) is 48.2 Å². The molecule has 1 aliphatic heterocycles. The Bertz CT molecular complexity index is 1100. The van der Waals surface area contributed by atoms with E-state index in [1.807, 2.05) is 18.2 Å². The molecule has 4 rings (SSSR count). The molecule has 1 saturated heterocycles. The summed E-state index contributed by atoms with van der Waals surface area (Å²) in [4.78, 5) is 24.7. The van der Waals surface area contributed by atoms with Crippen molar-refractivity contribution in [3.8, 4) is 0 Å². The van der Waals surface area contributed by atoms with Gasteiger partial charge in [-0.1, -0.05) is 23.7 Å².